The zero-order valence-electron chi connectivity index (χ0n) is 10.3. The highest BCUT2D eigenvalue weighted by Crippen LogP contribution is 2.40. The molecule has 2 rings (SSSR count). The second kappa shape index (κ2) is 5.25. The van der Waals surface area contributed by atoms with Crippen LogP contribution in [-0.2, 0) is 10.2 Å². The summed E-state index contributed by atoms with van der Waals surface area (Å²) in [6.45, 7) is 2.47. The average molecular weight is 256 g/mol. The molecule has 0 atom stereocenters. The number of benzene rings is 1. The first-order chi connectivity index (χ1) is 8.22. The minimum absolute atomic E-state index is 0.0758. The van der Waals surface area contributed by atoms with Crippen LogP contribution >= 0.6 is 11.6 Å². The predicted octanol–water partition coefficient (Wildman–Crippen LogP) is 2.23. The molecule has 1 aromatic carbocycles. The summed E-state index contributed by atoms with van der Waals surface area (Å²) in [6.07, 6.45) is 1.04. The molecule has 4 heteroatoms. The van der Waals surface area contributed by atoms with Gasteiger partial charge in [-0.05, 0) is 37.7 Å². The molecule has 0 saturated carbocycles. The van der Waals surface area contributed by atoms with Crippen LogP contribution in [0.5, 0.6) is 5.75 Å². The Hall–Kier alpha value is -0.770. The molecule has 0 unspecified atom stereocenters. The molecule has 0 amide bonds. The van der Waals surface area contributed by atoms with E-state index in [1.807, 2.05) is 19.2 Å². The topological polar surface area (TPSA) is 30.5 Å². The maximum Gasteiger partial charge on any atom is 0.120 e. The smallest absolute Gasteiger partial charge is 0.120 e. The number of hydrogen-bond donors (Lipinski definition) is 1. The maximum atomic E-state index is 6.33. The molecule has 1 heterocycles. The van der Waals surface area contributed by atoms with E-state index >= 15 is 0 Å². The molecule has 0 bridgehead atoms. The van der Waals surface area contributed by atoms with Crippen LogP contribution < -0.4 is 10.1 Å². The van der Waals surface area contributed by atoms with E-state index in [-0.39, 0.29) is 5.41 Å². The van der Waals surface area contributed by atoms with Crippen molar-refractivity contribution in [2.45, 2.75) is 11.8 Å². The summed E-state index contributed by atoms with van der Waals surface area (Å²) in [4.78, 5) is 0. The number of rotatable bonds is 5. The van der Waals surface area contributed by atoms with Crippen LogP contribution in [0, 0.1) is 0 Å². The molecule has 1 saturated heterocycles. The van der Waals surface area contributed by atoms with Gasteiger partial charge in [-0.25, -0.2) is 0 Å². The second-order valence-electron chi connectivity index (χ2n) is 4.47. The molecule has 1 aliphatic rings. The number of ether oxygens (including phenoxy) is 2. The molecule has 0 radical (unpaired) electrons. The van der Waals surface area contributed by atoms with Crippen molar-refractivity contribution in [1.29, 1.82) is 0 Å². The summed E-state index contributed by atoms with van der Waals surface area (Å²) >= 11 is 6.33. The Morgan fingerprint density at radius 3 is 2.71 bits per heavy atom. The minimum atomic E-state index is 0.0758. The van der Waals surface area contributed by atoms with Crippen LogP contribution in [0.25, 0.3) is 0 Å². The maximum absolute atomic E-state index is 6.33. The minimum Gasteiger partial charge on any atom is -0.497 e. The summed E-state index contributed by atoms with van der Waals surface area (Å²) in [5.41, 5.74) is 1.24. The van der Waals surface area contributed by atoms with Gasteiger partial charge in [-0.1, -0.05) is 17.7 Å². The van der Waals surface area contributed by atoms with Crippen molar-refractivity contribution in [2.24, 2.45) is 0 Å². The monoisotopic (exact) mass is 255 g/mol. The van der Waals surface area contributed by atoms with Crippen molar-refractivity contribution in [3.05, 3.63) is 28.8 Å². The largest absolute Gasteiger partial charge is 0.497 e. The van der Waals surface area contributed by atoms with Crippen molar-refractivity contribution in [3.63, 3.8) is 0 Å². The van der Waals surface area contributed by atoms with Gasteiger partial charge in [0.15, 0.2) is 0 Å². The third kappa shape index (κ3) is 2.41. The Balaban J connectivity index is 2.24. The predicted molar refractivity (Wildman–Crippen MR) is 69.0 cm³/mol. The molecule has 17 heavy (non-hydrogen) atoms. The average Bonchev–Trinajstić information content (AvgIpc) is 2.29. The normalized spacial score (nSPS) is 17.6. The molecule has 0 aromatic heterocycles. The molecular weight excluding hydrogens is 238 g/mol. The van der Waals surface area contributed by atoms with E-state index in [1.165, 1.54) is 5.56 Å². The first-order valence-electron chi connectivity index (χ1n) is 5.78. The molecule has 1 N–H and O–H groups in total. The Morgan fingerprint density at radius 2 is 2.24 bits per heavy atom. The van der Waals surface area contributed by atoms with Crippen molar-refractivity contribution in [1.82, 2.24) is 5.32 Å². The Labute approximate surface area is 107 Å². The van der Waals surface area contributed by atoms with Crippen molar-refractivity contribution >= 4 is 11.6 Å². The number of methoxy groups -OCH3 is 1. The fourth-order valence-corrected chi connectivity index (χ4v) is 2.57. The number of hydrogen-bond acceptors (Lipinski definition) is 3. The lowest BCUT2D eigenvalue weighted by molar-refractivity contribution is -0.0637. The van der Waals surface area contributed by atoms with Gasteiger partial charge in [0.1, 0.15) is 5.75 Å². The Kier molecular flexibility index (Phi) is 3.92. The first kappa shape index (κ1) is 12.7. The number of halogens is 1. The van der Waals surface area contributed by atoms with E-state index in [4.69, 9.17) is 21.1 Å². The van der Waals surface area contributed by atoms with Crippen molar-refractivity contribution in [2.75, 3.05) is 33.9 Å². The standard InChI is InChI=1S/C13H18ClNO2/c1-15-6-5-13(8-17-9-13)11-4-3-10(16-2)7-12(11)14/h3-4,7,15H,5-6,8-9H2,1-2H3. The summed E-state index contributed by atoms with van der Waals surface area (Å²) in [7, 11) is 3.61. The lowest BCUT2D eigenvalue weighted by Gasteiger charge is -2.42. The fraction of sp³-hybridized carbons (Fsp3) is 0.538. The first-order valence-corrected chi connectivity index (χ1v) is 6.16. The van der Waals surface area contributed by atoms with Gasteiger partial charge in [0, 0.05) is 10.4 Å². The fourth-order valence-electron chi connectivity index (χ4n) is 2.20. The van der Waals surface area contributed by atoms with E-state index in [9.17, 15) is 0 Å². The SMILES string of the molecule is CNCCC1(c2ccc(OC)cc2Cl)COC1. The van der Waals surface area contributed by atoms with Crippen LogP contribution in [-0.4, -0.2) is 33.9 Å². The molecular formula is C13H18ClNO2. The van der Waals surface area contributed by atoms with E-state index in [2.05, 4.69) is 11.4 Å². The van der Waals surface area contributed by atoms with Crippen LogP contribution in [0.2, 0.25) is 5.02 Å². The summed E-state index contributed by atoms with van der Waals surface area (Å²) in [5, 5.41) is 3.95. The lowest BCUT2D eigenvalue weighted by Crippen LogP contribution is -2.48. The van der Waals surface area contributed by atoms with Crippen molar-refractivity contribution < 1.29 is 9.47 Å². The summed E-state index contributed by atoms with van der Waals surface area (Å²) in [6, 6.07) is 5.89. The van der Waals surface area contributed by atoms with Gasteiger partial charge >= 0.3 is 0 Å². The zero-order chi connectivity index (χ0) is 12.3. The van der Waals surface area contributed by atoms with Gasteiger partial charge in [0.25, 0.3) is 0 Å². The molecule has 1 aromatic rings. The van der Waals surface area contributed by atoms with Gasteiger partial charge in [-0.3, -0.25) is 0 Å². The van der Waals surface area contributed by atoms with Gasteiger partial charge in [-0.2, -0.15) is 0 Å². The third-order valence-corrected chi connectivity index (χ3v) is 3.67. The van der Waals surface area contributed by atoms with Crippen LogP contribution in [0.4, 0.5) is 0 Å². The summed E-state index contributed by atoms with van der Waals surface area (Å²) in [5.74, 6) is 0.794. The quantitative estimate of drug-likeness (QED) is 0.875. The van der Waals surface area contributed by atoms with Crippen LogP contribution in [0.15, 0.2) is 18.2 Å². The van der Waals surface area contributed by atoms with Crippen LogP contribution in [0.1, 0.15) is 12.0 Å². The van der Waals surface area contributed by atoms with Crippen LogP contribution in [0.3, 0.4) is 0 Å². The van der Waals surface area contributed by atoms with Gasteiger partial charge in [0.05, 0.1) is 20.3 Å². The van der Waals surface area contributed by atoms with E-state index in [0.717, 1.165) is 37.0 Å². The van der Waals surface area contributed by atoms with E-state index in [1.54, 1.807) is 7.11 Å². The highest BCUT2D eigenvalue weighted by atomic mass is 35.5. The molecule has 94 valence electrons. The molecule has 3 nitrogen and oxygen atoms in total. The van der Waals surface area contributed by atoms with Crippen molar-refractivity contribution in [3.8, 4) is 5.75 Å². The molecule has 1 fully saturated rings. The molecule has 1 aliphatic heterocycles. The molecule has 0 aliphatic carbocycles. The Morgan fingerprint density at radius 1 is 1.47 bits per heavy atom. The Bertz CT molecular complexity index is 391. The lowest BCUT2D eigenvalue weighted by atomic mass is 9.76. The highest BCUT2D eigenvalue weighted by Gasteiger charge is 2.41. The van der Waals surface area contributed by atoms with E-state index < -0.39 is 0 Å². The van der Waals surface area contributed by atoms with Gasteiger partial charge in [0.2, 0.25) is 0 Å². The second-order valence-corrected chi connectivity index (χ2v) is 4.88. The highest BCUT2D eigenvalue weighted by molar-refractivity contribution is 6.31. The van der Waals surface area contributed by atoms with E-state index in [0.29, 0.717) is 0 Å². The van der Waals surface area contributed by atoms with Gasteiger partial charge < -0.3 is 14.8 Å². The zero-order valence-corrected chi connectivity index (χ0v) is 11.0. The number of nitrogens with one attached hydrogen (secondary N) is 1. The summed E-state index contributed by atoms with van der Waals surface area (Å²) < 4.78 is 10.6. The molecule has 0 spiro atoms. The van der Waals surface area contributed by atoms with Gasteiger partial charge in [-0.15, -0.1) is 0 Å². The third-order valence-electron chi connectivity index (χ3n) is 3.36.